The van der Waals surface area contributed by atoms with Gasteiger partial charge in [0.25, 0.3) is 0 Å². The molecule has 2 aromatic rings. The Kier molecular flexibility index (Phi) is 11.2. The minimum atomic E-state index is 0. The van der Waals surface area contributed by atoms with Crippen LogP contribution in [-0.4, -0.2) is 43.2 Å². The fourth-order valence-corrected chi connectivity index (χ4v) is 3.60. The molecule has 0 bridgehead atoms. The third-order valence-electron chi connectivity index (χ3n) is 5.36. The van der Waals surface area contributed by atoms with Crippen molar-refractivity contribution in [2.45, 2.75) is 45.3 Å². The molecule has 1 aliphatic heterocycles. The van der Waals surface area contributed by atoms with Gasteiger partial charge in [-0.3, -0.25) is 9.89 Å². The minimum Gasteiger partial charge on any atom is -0.378 e. The molecular formula is C24H35IN4O. The van der Waals surface area contributed by atoms with Crippen LogP contribution < -0.4 is 11.1 Å². The van der Waals surface area contributed by atoms with Crippen LogP contribution in [0.2, 0.25) is 0 Å². The molecule has 1 saturated heterocycles. The minimum absolute atomic E-state index is 0. The Labute approximate surface area is 198 Å². The van der Waals surface area contributed by atoms with Gasteiger partial charge in [0.05, 0.1) is 6.10 Å². The number of rotatable bonds is 9. The number of hydrogen-bond donors (Lipinski definition) is 2. The third-order valence-corrected chi connectivity index (χ3v) is 5.36. The Morgan fingerprint density at radius 3 is 2.43 bits per heavy atom. The molecule has 5 nitrogen and oxygen atoms in total. The fourth-order valence-electron chi connectivity index (χ4n) is 3.60. The largest absolute Gasteiger partial charge is 0.378 e. The van der Waals surface area contributed by atoms with Crippen molar-refractivity contribution in [2.24, 2.45) is 10.7 Å². The van der Waals surface area contributed by atoms with Gasteiger partial charge in [-0.05, 0) is 48.9 Å². The second-order valence-electron chi connectivity index (χ2n) is 7.63. The molecule has 3 rings (SSSR count). The number of aryl methyl sites for hydroxylation is 1. The summed E-state index contributed by atoms with van der Waals surface area (Å²) in [6.07, 6.45) is 4.51. The van der Waals surface area contributed by atoms with Crippen molar-refractivity contribution < 1.29 is 4.74 Å². The predicted molar refractivity (Wildman–Crippen MR) is 137 cm³/mol. The molecular weight excluding hydrogens is 487 g/mol. The number of benzene rings is 2. The lowest BCUT2D eigenvalue weighted by Gasteiger charge is -2.31. The van der Waals surface area contributed by atoms with Gasteiger partial charge in [0.2, 0.25) is 0 Å². The number of nitrogens with zero attached hydrogens (tertiary/aromatic N) is 2. The van der Waals surface area contributed by atoms with Crippen LogP contribution in [0.15, 0.2) is 59.6 Å². The first kappa shape index (κ1) is 24.6. The SMILES string of the molecule is CCc1ccc(NC(N)=NCCCOC2CCN(Cc3ccccc3)CC2)cc1.I. The number of guanidine groups is 1. The number of likely N-dealkylation sites (tertiary alicyclic amines) is 1. The first-order valence-electron chi connectivity index (χ1n) is 10.8. The third kappa shape index (κ3) is 8.62. The van der Waals surface area contributed by atoms with Crippen LogP contribution in [0.1, 0.15) is 37.3 Å². The molecule has 1 aliphatic rings. The lowest BCUT2D eigenvalue weighted by molar-refractivity contribution is 0.00566. The van der Waals surface area contributed by atoms with Gasteiger partial charge < -0.3 is 15.8 Å². The molecule has 0 amide bonds. The molecule has 1 heterocycles. The van der Waals surface area contributed by atoms with E-state index in [2.05, 4.69) is 64.6 Å². The second-order valence-corrected chi connectivity index (χ2v) is 7.63. The molecule has 0 spiro atoms. The first-order chi connectivity index (χ1) is 14.2. The normalized spacial score (nSPS) is 15.6. The maximum atomic E-state index is 6.05. The van der Waals surface area contributed by atoms with Crippen molar-refractivity contribution in [1.29, 1.82) is 0 Å². The van der Waals surface area contributed by atoms with Crippen molar-refractivity contribution in [3.8, 4) is 0 Å². The smallest absolute Gasteiger partial charge is 0.193 e. The average molecular weight is 522 g/mol. The van der Waals surface area contributed by atoms with Crippen LogP contribution in [0.3, 0.4) is 0 Å². The summed E-state index contributed by atoms with van der Waals surface area (Å²) >= 11 is 0. The second kappa shape index (κ2) is 13.6. The highest BCUT2D eigenvalue weighted by Gasteiger charge is 2.19. The van der Waals surface area contributed by atoms with Crippen molar-refractivity contribution in [3.63, 3.8) is 0 Å². The van der Waals surface area contributed by atoms with Crippen LogP contribution in [0, 0.1) is 0 Å². The Bertz CT molecular complexity index is 744. The maximum absolute atomic E-state index is 6.05. The number of aliphatic imine (C=N–C) groups is 1. The van der Waals surface area contributed by atoms with E-state index in [9.17, 15) is 0 Å². The van der Waals surface area contributed by atoms with Crippen molar-refractivity contribution in [1.82, 2.24) is 4.90 Å². The molecule has 0 aliphatic carbocycles. The number of piperidine rings is 1. The van der Waals surface area contributed by atoms with Gasteiger partial charge >= 0.3 is 0 Å². The highest BCUT2D eigenvalue weighted by atomic mass is 127. The summed E-state index contributed by atoms with van der Waals surface area (Å²) in [5, 5.41) is 3.14. The molecule has 0 radical (unpaired) electrons. The molecule has 0 aromatic heterocycles. The molecule has 0 atom stereocenters. The van der Waals surface area contributed by atoms with Gasteiger partial charge in [-0.2, -0.15) is 0 Å². The zero-order chi connectivity index (χ0) is 20.3. The van der Waals surface area contributed by atoms with E-state index < -0.39 is 0 Å². The van der Waals surface area contributed by atoms with E-state index in [1.165, 1.54) is 11.1 Å². The van der Waals surface area contributed by atoms with Gasteiger partial charge in [-0.15, -0.1) is 24.0 Å². The van der Waals surface area contributed by atoms with Crippen LogP contribution in [0.4, 0.5) is 5.69 Å². The van der Waals surface area contributed by atoms with E-state index in [0.29, 0.717) is 18.6 Å². The standard InChI is InChI=1S/C24H34N4O.HI/c1-2-20-9-11-22(12-10-20)27-24(25)26-15-6-18-29-23-13-16-28(17-14-23)19-21-7-4-3-5-8-21;/h3-5,7-12,23H,2,6,13-19H2,1H3,(H3,25,26,27);1H. The van der Waals surface area contributed by atoms with Gasteiger partial charge in [0.15, 0.2) is 5.96 Å². The number of nitrogens with one attached hydrogen (secondary N) is 1. The highest BCUT2D eigenvalue weighted by molar-refractivity contribution is 14.0. The van der Waals surface area contributed by atoms with Crippen molar-refractivity contribution in [3.05, 3.63) is 65.7 Å². The Morgan fingerprint density at radius 1 is 1.07 bits per heavy atom. The van der Waals surface area contributed by atoms with E-state index in [0.717, 1.165) is 57.6 Å². The number of ether oxygens (including phenoxy) is 1. The average Bonchev–Trinajstić information content (AvgIpc) is 2.76. The van der Waals surface area contributed by atoms with Gasteiger partial charge in [0.1, 0.15) is 0 Å². The predicted octanol–water partition coefficient (Wildman–Crippen LogP) is 4.66. The van der Waals surface area contributed by atoms with E-state index >= 15 is 0 Å². The molecule has 1 fully saturated rings. The Morgan fingerprint density at radius 2 is 1.77 bits per heavy atom. The van der Waals surface area contributed by atoms with Gasteiger partial charge in [-0.25, -0.2) is 0 Å². The fraction of sp³-hybridized carbons (Fsp3) is 0.458. The van der Waals surface area contributed by atoms with E-state index in [1.807, 2.05) is 12.1 Å². The lowest BCUT2D eigenvalue weighted by atomic mass is 10.1. The number of hydrogen-bond acceptors (Lipinski definition) is 3. The summed E-state index contributed by atoms with van der Waals surface area (Å²) in [4.78, 5) is 6.91. The van der Waals surface area contributed by atoms with Crippen molar-refractivity contribution in [2.75, 3.05) is 31.6 Å². The van der Waals surface area contributed by atoms with Crippen LogP contribution in [0.25, 0.3) is 0 Å². The maximum Gasteiger partial charge on any atom is 0.193 e. The zero-order valence-electron chi connectivity index (χ0n) is 17.9. The summed E-state index contributed by atoms with van der Waals surface area (Å²) in [6, 6.07) is 19.0. The van der Waals surface area contributed by atoms with Crippen LogP contribution in [-0.2, 0) is 17.7 Å². The Balaban J connectivity index is 0.00000320. The first-order valence-corrected chi connectivity index (χ1v) is 10.8. The number of halogens is 1. The highest BCUT2D eigenvalue weighted by Crippen LogP contribution is 2.16. The van der Waals surface area contributed by atoms with E-state index in [1.54, 1.807) is 0 Å². The van der Waals surface area contributed by atoms with E-state index in [-0.39, 0.29) is 24.0 Å². The molecule has 2 aromatic carbocycles. The molecule has 6 heteroatoms. The van der Waals surface area contributed by atoms with E-state index in [4.69, 9.17) is 10.5 Å². The quantitative estimate of drug-likeness (QED) is 0.218. The molecule has 3 N–H and O–H groups in total. The molecule has 0 unspecified atom stereocenters. The summed E-state index contributed by atoms with van der Waals surface area (Å²) in [7, 11) is 0. The number of nitrogens with two attached hydrogens (primary N) is 1. The molecule has 0 saturated carbocycles. The number of anilines is 1. The van der Waals surface area contributed by atoms with Gasteiger partial charge in [-0.1, -0.05) is 49.4 Å². The summed E-state index contributed by atoms with van der Waals surface area (Å²) in [5.74, 6) is 0.462. The van der Waals surface area contributed by atoms with Crippen LogP contribution >= 0.6 is 24.0 Å². The zero-order valence-corrected chi connectivity index (χ0v) is 20.3. The topological polar surface area (TPSA) is 62.9 Å². The van der Waals surface area contributed by atoms with Crippen LogP contribution in [0.5, 0.6) is 0 Å². The summed E-state index contributed by atoms with van der Waals surface area (Å²) < 4.78 is 6.05. The summed E-state index contributed by atoms with van der Waals surface area (Å²) in [6.45, 7) is 6.81. The van der Waals surface area contributed by atoms with Gasteiger partial charge in [0, 0.05) is 38.5 Å². The lowest BCUT2D eigenvalue weighted by Crippen LogP contribution is -2.36. The monoisotopic (exact) mass is 522 g/mol. The summed E-state index contributed by atoms with van der Waals surface area (Å²) in [5.41, 5.74) is 9.65. The molecule has 164 valence electrons. The molecule has 30 heavy (non-hydrogen) atoms. The Hall–Kier alpha value is -1.64. The van der Waals surface area contributed by atoms with Crippen molar-refractivity contribution >= 4 is 35.6 Å².